The minimum Gasteiger partial charge on any atom is -0.356 e. The Hall–Kier alpha value is -1.08. The number of guanidine groups is 1. The predicted octanol–water partition coefficient (Wildman–Crippen LogP) is 1.72. The minimum absolute atomic E-state index is 0.222. The van der Waals surface area contributed by atoms with E-state index in [0.717, 1.165) is 25.5 Å². The summed E-state index contributed by atoms with van der Waals surface area (Å²) in [5, 5.41) is 5.49. The average Bonchev–Trinajstić information content (AvgIpc) is 3.20. The molecule has 1 aromatic rings. The van der Waals surface area contributed by atoms with Gasteiger partial charge in [0.25, 0.3) is 0 Å². The van der Waals surface area contributed by atoms with Gasteiger partial charge in [0, 0.05) is 24.5 Å². The van der Waals surface area contributed by atoms with Crippen molar-refractivity contribution < 1.29 is 8.42 Å². The normalized spacial score (nSPS) is 24.8. The van der Waals surface area contributed by atoms with Crippen LogP contribution in [0.1, 0.15) is 24.1 Å². The maximum absolute atomic E-state index is 11.6. The molecule has 0 amide bonds. The summed E-state index contributed by atoms with van der Waals surface area (Å²) < 4.78 is 23.1. The van der Waals surface area contributed by atoms with Crippen LogP contribution in [0, 0.1) is 5.92 Å². The van der Waals surface area contributed by atoms with Crippen LogP contribution in [0.3, 0.4) is 0 Å². The van der Waals surface area contributed by atoms with Gasteiger partial charge in [-0.05, 0) is 36.6 Å². The Morgan fingerprint density at radius 2 is 2.23 bits per heavy atom. The van der Waals surface area contributed by atoms with Crippen LogP contribution in [0.2, 0.25) is 0 Å². The minimum atomic E-state index is -2.80. The number of nitrogens with zero attached hydrogens (tertiary/aromatic N) is 2. The number of aliphatic imine (C=N–C) groups is 1. The van der Waals surface area contributed by atoms with Crippen LogP contribution in [0.25, 0.3) is 0 Å². The van der Waals surface area contributed by atoms with E-state index in [1.54, 1.807) is 11.3 Å². The predicted molar refractivity (Wildman–Crippen MR) is 91.0 cm³/mol. The molecule has 0 radical (unpaired) electrons. The first-order valence-corrected chi connectivity index (χ1v) is 10.6. The molecule has 0 aliphatic carbocycles. The lowest BCUT2D eigenvalue weighted by Crippen LogP contribution is -2.42. The fraction of sp³-hybridized carbons (Fsp3) is 0.667. The molecule has 122 valence electrons. The zero-order valence-corrected chi connectivity index (χ0v) is 14.3. The number of thiophene rings is 1. The SMILES string of the molecule is O=S1(=O)CCC(CNC(=NCc2cccs2)N2CCCC2)C1. The topological polar surface area (TPSA) is 61.8 Å². The molecule has 1 unspecified atom stereocenters. The molecule has 0 bridgehead atoms. The lowest BCUT2D eigenvalue weighted by Gasteiger charge is -2.22. The molecule has 1 atom stereocenters. The fourth-order valence-electron chi connectivity index (χ4n) is 3.02. The highest BCUT2D eigenvalue weighted by molar-refractivity contribution is 7.91. The third-order valence-electron chi connectivity index (χ3n) is 4.25. The summed E-state index contributed by atoms with van der Waals surface area (Å²) in [7, 11) is -2.80. The fourth-order valence-corrected chi connectivity index (χ4v) is 5.51. The highest BCUT2D eigenvalue weighted by atomic mass is 32.2. The van der Waals surface area contributed by atoms with Gasteiger partial charge in [0.15, 0.2) is 15.8 Å². The van der Waals surface area contributed by atoms with Gasteiger partial charge < -0.3 is 10.2 Å². The molecule has 3 heterocycles. The van der Waals surface area contributed by atoms with E-state index < -0.39 is 9.84 Å². The number of nitrogens with one attached hydrogen (secondary N) is 1. The van der Waals surface area contributed by atoms with Gasteiger partial charge in [-0.25, -0.2) is 13.4 Å². The van der Waals surface area contributed by atoms with Crippen molar-refractivity contribution in [3.05, 3.63) is 22.4 Å². The number of sulfone groups is 1. The van der Waals surface area contributed by atoms with Crippen LogP contribution in [0.4, 0.5) is 0 Å². The maximum Gasteiger partial charge on any atom is 0.194 e. The van der Waals surface area contributed by atoms with Crippen molar-refractivity contribution in [1.82, 2.24) is 10.2 Å². The van der Waals surface area contributed by atoms with Crippen molar-refractivity contribution in [2.24, 2.45) is 10.9 Å². The first kappa shape index (κ1) is 15.8. The van der Waals surface area contributed by atoms with E-state index >= 15 is 0 Å². The smallest absolute Gasteiger partial charge is 0.194 e. The molecule has 7 heteroatoms. The summed E-state index contributed by atoms with van der Waals surface area (Å²) in [6.07, 6.45) is 3.18. The van der Waals surface area contributed by atoms with E-state index in [9.17, 15) is 8.42 Å². The Morgan fingerprint density at radius 3 is 2.86 bits per heavy atom. The van der Waals surface area contributed by atoms with Gasteiger partial charge in [0.1, 0.15) is 0 Å². The van der Waals surface area contributed by atoms with E-state index in [-0.39, 0.29) is 5.92 Å². The summed E-state index contributed by atoms with van der Waals surface area (Å²) in [4.78, 5) is 8.28. The Bertz CT molecular complexity index is 605. The van der Waals surface area contributed by atoms with Gasteiger partial charge in [-0.3, -0.25) is 0 Å². The first-order valence-electron chi connectivity index (χ1n) is 7.88. The number of hydrogen-bond acceptors (Lipinski definition) is 4. The van der Waals surface area contributed by atoms with Crippen LogP contribution >= 0.6 is 11.3 Å². The molecule has 0 spiro atoms. The number of hydrogen-bond donors (Lipinski definition) is 1. The van der Waals surface area contributed by atoms with Crippen LogP contribution in [0.15, 0.2) is 22.5 Å². The molecule has 0 saturated carbocycles. The van der Waals surface area contributed by atoms with Gasteiger partial charge in [-0.1, -0.05) is 6.07 Å². The second-order valence-electron chi connectivity index (χ2n) is 6.06. The molecule has 1 N–H and O–H groups in total. The highest BCUT2D eigenvalue weighted by Crippen LogP contribution is 2.18. The van der Waals surface area contributed by atoms with Crippen LogP contribution < -0.4 is 5.32 Å². The molecule has 2 saturated heterocycles. The first-order chi connectivity index (χ1) is 10.6. The molecular weight excluding hydrogens is 318 g/mol. The summed E-state index contributed by atoms with van der Waals surface area (Å²) in [5.41, 5.74) is 0. The molecule has 0 aromatic carbocycles. The quantitative estimate of drug-likeness (QED) is 0.669. The highest BCUT2D eigenvalue weighted by Gasteiger charge is 2.28. The van der Waals surface area contributed by atoms with Crippen molar-refractivity contribution in [1.29, 1.82) is 0 Å². The number of rotatable bonds is 4. The lowest BCUT2D eigenvalue weighted by atomic mass is 10.1. The molecule has 2 aliphatic rings. The van der Waals surface area contributed by atoms with Gasteiger partial charge >= 0.3 is 0 Å². The van der Waals surface area contributed by atoms with Crippen molar-refractivity contribution in [3.63, 3.8) is 0 Å². The Balaban J connectivity index is 1.60. The van der Waals surface area contributed by atoms with Crippen molar-refractivity contribution >= 4 is 27.1 Å². The lowest BCUT2D eigenvalue weighted by molar-refractivity contribution is 0.475. The van der Waals surface area contributed by atoms with Crippen molar-refractivity contribution in [2.45, 2.75) is 25.8 Å². The van der Waals surface area contributed by atoms with E-state index in [1.807, 2.05) is 6.07 Å². The molecule has 22 heavy (non-hydrogen) atoms. The molecule has 2 aliphatic heterocycles. The van der Waals surface area contributed by atoms with Gasteiger partial charge in [-0.2, -0.15) is 0 Å². The van der Waals surface area contributed by atoms with Gasteiger partial charge in [-0.15, -0.1) is 11.3 Å². The van der Waals surface area contributed by atoms with Crippen molar-refractivity contribution in [2.75, 3.05) is 31.1 Å². The van der Waals surface area contributed by atoms with Crippen LogP contribution in [-0.2, 0) is 16.4 Å². The van der Waals surface area contributed by atoms with E-state index in [1.165, 1.54) is 17.7 Å². The van der Waals surface area contributed by atoms with E-state index in [2.05, 4.69) is 21.7 Å². The van der Waals surface area contributed by atoms with Crippen LogP contribution in [-0.4, -0.2) is 50.4 Å². The second kappa shape index (κ2) is 7.00. The van der Waals surface area contributed by atoms with E-state index in [4.69, 9.17) is 4.99 Å². The second-order valence-corrected chi connectivity index (χ2v) is 9.32. The molecule has 1 aromatic heterocycles. The largest absolute Gasteiger partial charge is 0.356 e. The Labute approximate surface area is 136 Å². The summed E-state index contributed by atoms with van der Waals surface area (Å²) >= 11 is 1.72. The Morgan fingerprint density at radius 1 is 1.41 bits per heavy atom. The molecular formula is C15H23N3O2S2. The standard InChI is InChI=1S/C15H23N3O2S2/c19-22(20)9-5-13(12-22)10-16-15(18-6-1-2-7-18)17-11-14-4-3-8-21-14/h3-4,8,13H,1-2,5-7,9-12H2,(H,16,17). The summed E-state index contributed by atoms with van der Waals surface area (Å²) in [5.74, 6) is 1.82. The van der Waals surface area contributed by atoms with E-state index in [0.29, 0.717) is 24.6 Å². The molecule has 3 rings (SSSR count). The van der Waals surface area contributed by atoms with Crippen LogP contribution in [0.5, 0.6) is 0 Å². The average molecular weight is 342 g/mol. The monoisotopic (exact) mass is 341 g/mol. The van der Waals surface area contributed by atoms with Gasteiger partial charge in [0.2, 0.25) is 0 Å². The molecule has 5 nitrogen and oxygen atoms in total. The zero-order valence-electron chi connectivity index (χ0n) is 12.7. The summed E-state index contributed by atoms with van der Waals surface area (Å²) in [6, 6.07) is 4.14. The van der Waals surface area contributed by atoms with Crippen molar-refractivity contribution in [3.8, 4) is 0 Å². The third-order valence-corrected chi connectivity index (χ3v) is 6.94. The Kier molecular flexibility index (Phi) is 5.03. The third kappa shape index (κ3) is 4.23. The van der Waals surface area contributed by atoms with Gasteiger partial charge in [0.05, 0.1) is 18.1 Å². The molecule has 2 fully saturated rings. The number of likely N-dealkylation sites (tertiary alicyclic amines) is 1. The maximum atomic E-state index is 11.6. The summed E-state index contributed by atoms with van der Waals surface area (Å²) in [6.45, 7) is 3.48. The zero-order chi connectivity index (χ0) is 15.4.